The number of carbonyl (C=O) groups excluding carboxylic acids is 1. The molecule has 0 saturated carbocycles. The Morgan fingerprint density at radius 3 is 2.60 bits per heavy atom. The van der Waals surface area contributed by atoms with Crippen molar-refractivity contribution < 1.29 is 45.4 Å². The Bertz CT molecular complexity index is 1830. The lowest BCUT2D eigenvalue weighted by atomic mass is 9.63. The largest absolute Gasteiger partial charge is 0.501 e. The van der Waals surface area contributed by atoms with Gasteiger partial charge in [-0.15, -0.1) is 11.3 Å². The SMILES string of the molecule is [B]C([B])(Oc1ccccc1[C@H](F)[C@@H](Oc1ncnc2sc(-c3ccc(F)o3)c(Br)c12)C(=O)OCC)c1ccnn1CC(F)(F)F. The molecule has 4 aromatic heterocycles. The molecule has 1 aromatic carbocycles. The molecule has 0 N–H and O–H groups in total. The zero-order valence-electron chi connectivity index (χ0n) is 22.9. The number of alkyl halides is 4. The number of nitrogens with zero attached hydrogens (tertiary/aromatic N) is 4. The van der Waals surface area contributed by atoms with E-state index in [1.54, 1.807) is 0 Å². The average molecular weight is 707 g/mol. The van der Waals surface area contributed by atoms with E-state index in [0.29, 0.717) is 18.9 Å². The van der Waals surface area contributed by atoms with E-state index in [1.807, 2.05) is 0 Å². The van der Waals surface area contributed by atoms with E-state index >= 15 is 4.39 Å². The standard InChI is InChI=1S/C27H18B2BrF5N4O5S/c1-2-41-25(40)21(43-23-18-19(30)22(15-7-8-17(31)42-15)45-24(18)37-12-36-23)20(32)13-5-3-4-6-14(13)44-27(28,29)16-9-10-38-39(16)11-26(33,34)35/h3-10,12,20-21H,2,11H2,1H3/t20-,21+/m0/s1. The minimum absolute atomic E-state index is 0.128. The van der Waals surface area contributed by atoms with Crippen LogP contribution in [-0.4, -0.2) is 60.3 Å². The van der Waals surface area contributed by atoms with Crippen LogP contribution < -0.4 is 9.47 Å². The van der Waals surface area contributed by atoms with Gasteiger partial charge in [-0.2, -0.15) is 22.7 Å². The summed E-state index contributed by atoms with van der Waals surface area (Å²) in [6, 6.07) is 8.20. The fourth-order valence-electron chi connectivity index (χ4n) is 4.29. The Morgan fingerprint density at radius 1 is 1.16 bits per heavy atom. The van der Waals surface area contributed by atoms with Crippen molar-refractivity contribution in [2.75, 3.05) is 6.61 Å². The summed E-state index contributed by atoms with van der Waals surface area (Å²) in [4.78, 5) is 22.1. The predicted octanol–water partition coefficient (Wildman–Crippen LogP) is 6.16. The van der Waals surface area contributed by atoms with Gasteiger partial charge in [0.25, 0.3) is 6.01 Å². The summed E-state index contributed by atoms with van der Waals surface area (Å²) in [6.07, 6.45) is -6.77. The van der Waals surface area contributed by atoms with Gasteiger partial charge < -0.3 is 18.6 Å². The molecule has 5 aromatic rings. The molecule has 4 radical (unpaired) electrons. The van der Waals surface area contributed by atoms with Crippen LogP contribution in [0.1, 0.15) is 24.4 Å². The maximum Gasteiger partial charge on any atom is 0.408 e. The van der Waals surface area contributed by atoms with E-state index in [2.05, 4.69) is 31.0 Å². The highest BCUT2D eigenvalue weighted by molar-refractivity contribution is 9.10. The highest BCUT2D eigenvalue weighted by Gasteiger charge is 2.38. The number of esters is 1. The zero-order valence-corrected chi connectivity index (χ0v) is 25.3. The van der Waals surface area contributed by atoms with E-state index in [9.17, 15) is 22.4 Å². The van der Waals surface area contributed by atoms with Crippen LogP contribution in [0.25, 0.3) is 20.9 Å². The van der Waals surface area contributed by atoms with Crippen molar-refractivity contribution in [3.63, 3.8) is 0 Å². The number of furan rings is 1. The van der Waals surface area contributed by atoms with Crippen molar-refractivity contribution >= 4 is 59.1 Å². The van der Waals surface area contributed by atoms with Crippen LogP contribution in [0, 0.1) is 6.01 Å². The minimum Gasteiger partial charge on any atom is -0.501 e. The van der Waals surface area contributed by atoms with Crippen molar-refractivity contribution in [1.82, 2.24) is 19.7 Å². The lowest BCUT2D eigenvalue weighted by molar-refractivity contribution is -0.155. The highest BCUT2D eigenvalue weighted by atomic mass is 79.9. The molecule has 0 fully saturated rings. The van der Waals surface area contributed by atoms with Gasteiger partial charge >= 0.3 is 12.1 Å². The third-order valence-corrected chi connectivity index (χ3v) is 8.32. The number of hydrogen-bond donors (Lipinski definition) is 0. The third-order valence-electron chi connectivity index (χ3n) is 6.16. The first-order valence-electron chi connectivity index (χ1n) is 12.9. The molecule has 0 aliphatic heterocycles. The van der Waals surface area contributed by atoms with Gasteiger partial charge in [0.05, 0.1) is 32.4 Å². The van der Waals surface area contributed by atoms with Crippen LogP contribution in [-0.2, 0) is 21.5 Å². The molecule has 18 heteroatoms. The summed E-state index contributed by atoms with van der Waals surface area (Å²) in [5.74, 6) is -1.46. The average Bonchev–Trinajstić information content (AvgIpc) is 3.70. The topological polar surface area (TPSA) is 102 Å². The van der Waals surface area contributed by atoms with Gasteiger partial charge in [-0.05, 0) is 41.1 Å². The summed E-state index contributed by atoms with van der Waals surface area (Å²) < 4.78 is 91.7. The van der Waals surface area contributed by atoms with Crippen LogP contribution in [0.2, 0.25) is 0 Å². The van der Waals surface area contributed by atoms with E-state index in [1.165, 1.54) is 37.3 Å². The molecule has 0 aliphatic rings. The molecule has 2 atom stereocenters. The highest BCUT2D eigenvalue weighted by Crippen LogP contribution is 2.45. The van der Waals surface area contributed by atoms with E-state index in [4.69, 9.17) is 34.3 Å². The number of benzene rings is 1. The quantitative estimate of drug-likeness (QED) is 0.0915. The minimum atomic E-state index is -4.65. The van der Waals surface area contributed by atoms with Gasteiger partial charge in [0.2, 0.25) is 12.0 Å². The van der Waals surface area contributed by atoms with E-state index < -0.39 is 42.4 Å². The van der Waals surface area contributed by atoms with Crippen LogP contribution in [0.15, 0.2) is 63.9 Å². The van der Waals surface area contributed by atoms with Crippen molar-refractivity contribution in [2.45, 2.75) is 37.3 Å². The smallest absolute Gasteiger partial charge is 0.408 e. The summed E-state index contributed by atoms with van der Waals surface area (Å²) in [7, 11) is 12.1. The number of fused-ring (bicyclic) bond motifs is 1. The molecule has 0 amide bonds. The zero-order chi connectivity index (χ0) is 32.5. The Kier molecular flexibility index (Phi) is 9.26. The van der Waals surface area contributed by atoms with Crippen LogP contribution in [0.4, 0.5) is 22.0 Å². The number of hydrogen-bond acceptors (Lipinski definition) is 9. The summed E-state index contributed by atoms with van der Waals surface area (Å²) in [5, 5.41) is 1.42. The van der Waals surface area contributed by atoms with Crippen LogP contribution in [0.5, 0.6) is 11.6 Å². The summed E-state index contributed by atoms with van der Waals surface area (Å²) in [5.41, 5.74) is -0.652. The van der Waals surface area contributed by atoms with Crippen molar-refractivity contribution in [2.24, 2.45) is 0 Å². The fourth-order valence-corrected chi connectivity index (χ4v) is 6.20. The molecule has 9 nitrogen and oxygen atoms in total. The molecule has 4 heterocycles. The number of halogens is 6. The van der Waals surface area contributed by atoms with Crippen molar-refractivity contribution in [3.05, 3.63) is 76.7 Å². The first-order chi connectivity index (χ1) is 21.3. The van der Waals surface area contributed by atoms with E-state index in [0.717, 1.165) is 36.0 Å². The number of rotatable bonds is 11. The first-order valence-corrected chi connectivity index (χ1v) is 14.5. The second-order valence-electron chi connectivity index (χ2n) is 9.32. The van der Waals surface area contributed by atoms with Gasteiger partial charge in [-0.1, -0.05) is 18.2 Å². The van der Waals surface area contributed by atoms with Gasteiger partial charge in [0.1, 0.15) is 44.9 Å². The Balaban J connectivity index is 1.50. The molecule has 45 heavy (non-hydrogen) atoms. The molecular formula is C27H18B2BrF5N4O5S. The fraction of sp³-hybridized carbons (Fsp3) is 0.259. The molecule has 0 aliphatic carbocycles. The lowest BCUT2D eigenvalue weighted by Gasteiger charge is -2.31. The molecular weight excluding hydrogens is 689 g/mol. The number of aromatic nitrogens is 4. The summed E-state index contributed by atoms with van der Waals surface area (Å²) in [6.45, 7) is -0.131. The maximum atomic E-state index is 16.4. The predicted molar refractivity (Wildman–Crippen MR) is 156 cm³/mol. The summed E-state index contributed by atoms with van der Waals surface area (Å²) >= 11 is 4.50. The van der Waals surface area contributed by atoms with Crippen LogP contribution in [0.3, 0.4) is 0 Å². The molecule has 5 rings (SSSR count). The molecule has 0 unspecified atom stereocenters. The van der Waals surface area contributed by atoms with Gasteiger partial charge in [-0.25, -0.2) is 19.2 Å². The normalized spacial score (nSPS) is 13.5. The van der Waals surface area contributed by atoms with E-state index in [-0.39, 0.29) is 40.6 Å². The molecule has 0 bridgehead atoms. The van der Waals surface area contributed by atoms with Gasteiger partial charge in [0, 0.05) is 17.8 Å². The number of ether oxygens (including phenoxy) is 3. The number of para-hydroxylation sites is 1. The third kappa shape index (κ3) is 7.01. The van der Waals surface area contributed by atoms with Gasteiger partial charge in [0.15, 0.2) is 6.17 Å². The van der Waals surface area contributed by atoms with Crippen molar-refractivity contribution in [3.8, 4) is 22.3 Å². The second-order valence-corrected chi connectivity index (χ2v) is 11.1. The monoisotopic (exact) mass is 706 g/mol. The first kappa shape index (κ1) is 32.5. The number of thiophene rings is 1. The Hall–Kier alpha value is -3.92. The van der Waals surface area contributed by atoms with Crippen LogP contribution >= 0.6 is 27.3 Å². The second kappa shape index (κ2) is 12.8. The Labute approximate surface area is 266 Å². The Morgan fingerprint density at radius 2 is 1.91 bits per heavy atom. The maximum absolute atomic E-state index is 16.4. The molecule has 230 valence electrons. The lowest BCUT2D eigenvalue weighted by Crippen LogP contribution is -2.39. The molecule has 0 saturated heterocycles. The van der Waals surface area contributed by atoms with Crippen molar-refractivity contribution in [1.29, 1.82) is 0 Å². The van der Waals surface area contributed by atoms with Gasteiger partial charge in [-0.3, -0.25) is 4.68 Å². The molecule has 0 spiro atoms. The number of carbonyl (C=O) groups is 1.